The van der Waals surface area contributed by atoms with Crippen molar-refractivity contribution >= 4 is 6.03 Å². The quantitative estimate of drug-likeness (QED) is 0.886. The van der Waals surface area contributed by atoms with E-state index in [0.29, 0.717) is 6.54 Å². The highest BCUT2D eigenvalue weighted by Crippen LogP contribution is 2.12. The molecule has 19 heavy (non-hydrogen) atoms. The van der Waals surface area contributed by atoms with Crippen LogP contribution in [0.15, 0.2) is 24.3 Å². The lowest BCUT2D eigenvalue weighted by molar-refractivity contribution is 0.150. The smallest absolute Gasteiger partial charge is 0.317 e. The molecule has 0 unspecified atom stereocenters. The van der Waals surface area contributed by atoms with E-state index in [4.69, 9.17) is 0 Å². The molecule has 0 saturated heterocycles. The van der Waals surface area contributed by atoms with E-state index in [-0.39, 0.29) is 11.6 Å². The van der Waals surface area contributed by atoms with Gasteiger partial charge in [0.1, 0.15) is 0 Å². The molecule has 0 fully saturated rings. The van der Waals surface area contributed by atoms with Gasteiger partial charge in [-0.15, -0.1) is 0 Å². The van der Waals surface area contributed by atoms with Crippen molar-refractivity contribution in [3.05, 3.63) is 35.4 Å². The van der Waals surface area contributed by atoms with Gasteiger partial charge in [0.05, 0.1) is 0 Å². The van der Waals surface area contributed by atoms with Gasteiger partial charge in [-0.2, -0.15) is 0 Å². The summed E-state index contributed by atoms with van der Waals surface area (Å²) in [5, 5.41) is 2.99. The van der Waals surface area contributed by atoms with Crippen molar-refractivity contribution in [3.63, 3.8) is 0 Å². The number of carbonyl (C=O) groups is 1. The maximum absolute atomic E-state index is 12.1. The Morgan fingerprint density at radius 3 is 2.26 bits per heavy atom. The highest BCUT2D eigenvalue weighted by Gasteiger charge is 2.24. The van der Waals surface area contributed by atoms with Crippen LogP contribution in [0.3, 0.4) is 0 Å². The molecule has 0 aliphatic heterocycles. The lowest BCUT2D eigenvalue weighted by Crippen LogP contribution is -2.50. The van der Waals surface area contributed by atoms with Gasteiger partial charge in [0, 0.05) is 18.6 Å². The van der Waals surface area contributed by atoms with E-state index in [2.05, 4.69) is 57.3 Å². The van der Waals surface area contributed by atoms with Crippen molar-refractivity contribution in [2.75, 3.05) is 13.1 Å². The minimum Gasteiger partial charge on any atom is -0.338 e. The van der Waals surface area contributed by atoms with Gasteiger partial charge >= 0.3 is 6.03 Å². The van der Waals surface area contributed by atoms with Gasteiger partial charge in [-0.1, -0.05) is 29.8 Å². The third kappa shape index (κ3) is 4.93. The number of urea groups is 1. The zero-order valence-electron chi connectivity index (χ0n) is 12.8. The fraction of sp³-hybridized carbons (Fsp3) is 0.562. The Morgan fingerprint density at radius 1 is 1.21 bits per heavy atom. The van der Waals surface area contributed by atoms with E-state index in [1.54, 1.807) is 0 Å². The molecule has 0 heterocycles. The van der Waals surface area contributed by atoms with E-state index in [0.717, 1.165) is 13.0 Å². The van der Waals surface area contributed by atoms with Crippen LogP contribution in [0.5, 0.6) is 0 Å². The summed E-state index contributed by atoms with van der Waals surface area (Å²) in [5.41, 5.74) is 2.38. The van der Waals surface area contributed by atoms with Crippen LogP contribution in [-0.4, -0.2) is 29.6 Å². The fourth-order valence-corrected chi connectivity index (χ4v) is 2.09. The summed E-state index contributed by atoms with van der Waals surface area (Å²) < 4.78 is 0. The van der Waals surface area contributed by atoms with Crippen LogP contribution in [0.1, 0.15) is 38.8 Å². The standard InChI is InChI=1S/C16H26N2O/c1-6-18(16(3,4)5)15(19)17-12-11-14-9-7-13(2)8-10-14/h7-10H,6,11-12H2,1-5H3,(H,17,19). The Labute approximate surface area is 117 Å². The van der Waals surface area contributed by atoms with Gasteiger partial charge in [0.2, 0.25) is 0 Å². The number of hydrogen-bond donors (Lipinski definition) is 1. The number of benzene rings is 1. The molecule has 3 nitrogen and oxygen atoms in total. The normalized spacial score (nSPS) is 11.2. The van der Waals surface area contributed by atoms with Gasteiger partial charge in [-0.25, -0.2) is 4.79 Å². The molecule has 0 aliphatic carbocycles. The van der Waals surface area contributed by atoms with Crippen LogP contribution in [0.25, 0.3) is 0 Å². The van der Waals surface area contributed by atoms with Crippen molar-refractivity contribution < 1.29 is 4.79 Å². The van der Waals surface area contributed by atoms with Gasteiger partial charge in [0.25, 0.3) is 0 Å². The lowest BCUT2D eigenvalue weighted by atomic mass is 10.1. The van der Waals surface area contributed by atoms with Crippen LogP contribution in [0.2, 0.25) is 0 Å². The number of rotatable bonds is 4. The number of nitrogens with one attached hydrogen (secondary N) is 1. The summed E-state index contributed by atoms with van der Waals surface area (Å²) in [6.45, 7) is 11.6. The minimum absolute atomic E-state index is 0.0158. The largest absolute Gasteiger partial charge is 0.338 e. The molecule has 3 heteroatoms. The second kappa shape index (κ2) is 6.60. The van der Waals surface area contributed by atoms with E-state index in [9.17, 15) is 4.79 Å². The molecule has 1 aromatic rings. The SMILES string of the molecule is CCN(C(=O)NCCc1ccc(C)cc1)C(C)(C)C. The van der Waals surface area contributed by atoms with E-state index in [1.807, 2.05) is 11.8 Å². The van der Waals surface area contributed by atoms with Gasteiger partial charge in [-0.05, 0) is 46.6 Å². The third-order valence-electron chi connectivity index (χ3n) is 3.18. The van der Waals surface area contributed by atoms with Crippen molar-refractivity contribution in [2.24, 2.45) is 0 Å². The Hall–Kier alpha value is -1.51. The van der Waals surface area contributed by atoms with Crippen LogP contribution in [0.4, 0.5) is 4.79 Å². The van der Waals surface area contributed by atoms with Crippen LogP contribution < -0.4 is 5.32 Å². The fourth-order valence-electron chi connectivity index (χ4n) is 2.09. The molecule has 0 saturated carbocycles. The minimum atomic E-state index is -0.136. The molecule has 0 spiro atoms. The summed E-state index contributed by atoms with van der Waals surface area (Å²) in [5.74, 6) is 0. The number of nitrogens with zero attached hydrogens (tertiary/aromatic N) is 1. The van der Waals surface area contributed by atoms with Crippen LogP contribution in [-0.2, 0) is 6.42 Å². The molecule has 0 bridgehead atoms. The summed E-state index contributed by atoms with van der Waals surface area (Å²) in [7, 11) is 0. The molecular weight excluding hydrogens is 236 g/mol. The van der Waals surface area contributed by atoms with E-state index < -0.39 is 0 Å². The zero-order valence-corrected chi connectivity index (χ0v) is 12.8. The second-order valence-corrected chi connectivity index (χ2v) is 5.88. The van der Waals surface area contributed by atoms with Crippen LogP contribution >= 0.6 is 0 Å². The molecule has 1 N–H and O–H groups in total. The number of carbonyl (C=O) groups excluding carboxylic acids is 1. The molecule has 1 rings (SSSR count). The van der Waals surface area contributed by atoms with Crippen molar-refractivity contribution in [3.8, 4) is 0 Å². The molecule has 106 valence electrons. The number of amides is 2. The molecule has 1 aromatic carbocycles. The van der Waals surface area contributed by atoms with Gasteiger partial charge < -0.3 is 10.2 Å². The topological polar surface area (TPSA) is 32.3 Å². The molecule has 0 aliphatic rings. The average Bonchev–Trinajstić information content (AvgIpc) is 2.30. The monoisotopic (exact) mass is 262 g/mol. The van der Waals surface area contributed by atoms with Crippen LogP contribution in [0, 0.1) is 6.92 Å². The second-order valence-electron chi connectivity index (χ2n) is 5.88. The molecule has 0 aromatic heterocycles. The Bertz CT molecular complexity index is 404. The summed E-state index contributed by atoms with van der Waals surface area (Å²) in [6.07, 6.45) is 0.869. The zero-order chi connectivity index (χ0) is 14.5. The number of aryl methyl sites for hydroxylation is 1. The Kier molecular flexibility index (Phi) is 5.40. The average molecular weight is 262 g/mol. The first-order valence-corrected chi connectivity index (χ1v) is 6.95. The first-order chi connectivity index (χ1) is 8.84. The Morgan fingerprint density at radius 2 is 1.79 bits per heavy atom. The number of hydrogen-bond acceptors (Lipinski definition) is 1. The van der Waals surface area contributed by atoms with Gasteiger partial charge in [0.15, 0.2) is 0 Å². The Balaban J connectivity index is 2.44. The van der Waals surface area contributed by atoms with Crippen molar-refractivity contribution in [2.45, 2.75) is 46.6 Å². The summed E-state index contributed by atoms with van der Waals surface area (Å²) >= 11 is 0. The highest BCUT2D eigenvalue weighted by atomic mass is 16.2. The van der Waals surface area contributed by atoms with Crippen molar-refractivity contribution in [1.29, 1.82) is 0 Å². The molecule has 0 radical (unpaired) electrons. The predicted molar refractivity (Wildman–Crippen MR) is 80.4 cm³/mol. The molecule has 2 amide bonds. The first-order valence-electron chi connectivity index (χ1n) is 6.95. The summed E-state index contributed by atoms with van der Waals surface area (Å²) in [6, 6.07) is 8.45. The maximum atomic E-state index is 12.1. The van der Waals surface area contributed by atoms with Gasteiger partial charge in [-0.3, -0.25) is 0 Å². The molecule has 0 atom stereocenters. The predicted octanol–water partition coefficient (Wildman–Crippen LogP) is 3.37. The highest BCUT2D eigenvalue weighted by molar-refractivity contribution is 5.74. The third-order valence-corrected chi connectivity index (χ3v) is 3.18. The van der Waals surface area contributed by atoms with E-state index in [1.165, 1.54) is 11.1 Å². The summed E-state index contributed by atoms with van der Waals surface area (Å²) in [4.78, 5) is 13.9. The lowest BCUT2D eigenvalue weighted by Gasteiger charge is -2.34. The van der Waals surface area contributed by atoms with E-state index >= 15 is 0 Å². The van der Waals surface area contributed by atoms with Crippen molar-refractivity contribution in [1.82, 2.24) is 10.2 Å². The molecular formula is C16H26N2O. The first kappa shape index (κ1) is 15.5. The maximum Gasteiger partial charge on any atom is 0.317 e.